The van der Waals surface area contributed by atoms with Crippen LogP contribution in [-0.2, 0) is 19.4 Å². The molecule has 0 bridgehead atoms. The summed E-state index contributed by atoms with van der Waals surface area (Å²) in [5, 5.41) is 9.02. The molecule has 2 aromatic heterocycles. The van der Waals surface area contributed by atoms with Gasteiger partial charge in [0.15, 0.2) is 11.4 Å². The quantitative estimate of drug-likeness (QED) is 0.722. The Morgan fingerprint density at radius 2 is 2.00 bits per heavy atom. The first-order valence-electron chi connectivity index (χ1n) is 7.36. The Hall–Kier alpha value is -2.80. The lowest BCUT2D eigenvalue weighted by molar-refractivity contribution is 0.308. The van der Waals surface area contributed by atoms with Crippen LogP contribution in [0.5, 0.6) is 5.75 Å². The molecule has 0 amide bonds. The first-order chi connectivity index (χ1) is 10.8. The number of aromatic nitrogens is 2. The van der Waals surface area contributed by atoms with E-state index in [4.69, 9.17) is 10.00 Å². The fourth-order valence-corrected chi connectivity index (χ4v) is 2.53. The molecule has 4 heteroatoms. The topological polar surface area (TPSA) is 50.3 Å². The molecule has 0 aliphatic carbocycles. The van der Waals surface area contributed by atoms with E-state index < -0.39 is 0 Å². The van der Waals surface area contributed by atoms with Crippen LogP contribution in [0.15, 0.2) is 48.7 Å². The normalized spacial score (nSPS) is 10.5. The molecule has 0 saturated carbocycles. The molecule has 3 rings (SSSR count). The van der Waals surface area contributed by atoms with E-state index in [1.165, 1.54) is 0 Å². The number of ether oxygens (including phenoxy) is 1. The number of pyridine rings is 1. The number of hydrogen-bond donors (Lipinski definition) is 0. The predicted molar refractivity (Wildman–Crippen MR) is 84.7 cm³/mol. The second kappa shape index (κ2) is 6.31. The van der Waals surface area contributed by atoms with Crippen molar-refractivity contribution < 1.29 is 4.74 Å². The lowest BCUT2D eigenvalue weighted by Crippen LogP contribution is -1.98. The van der Waals surface area contributed by atoms with E-state index in [2.05, 4.69) is 11.1 Å². The van der Waals surface area contributed by atoms with Gasteiger partial charge in [-0.15, -0.1) is 0 Å². The van der Waals surface area contributed by atoms with E-state index in [0.29, 0.717) is 13.0 Å². The summed E-state index contributed by atoms with van der Waals surface area (Å²) in [6.45, 7) is 2.55. The highest BCUT2D eigenvalue weighted by atomic mass is 16.5. The average Bonchev–Trinajstić information content (AvgIpc) is 2.93. The predicted octanol–water partition coefficient (Wildman–Crippen LogP) is 3.54. The minimum absolute atomic E-state index is 0.354. The average molecular weight is 291 g/mol. The Kier molecular flexibility index (Phi) is 4.06. The zero-order chi connectivity index (χ0) is 15.4. The maximum atomic E-state index is 9.02. The monoisotopic (exact) mass is 291 g/mol. The van der Waals surface area contributed by atoms with Crippen LogP contribution >= 0.6 is 0 Å². The van der Waals surface area contributed by atoms with Crippen LogP contribution in [0.2, 0.25) is 0 Å². The summed E-state index contributed by atoms with van der Waals surface area (Å²) in [7, 11) is 0. The van der Waals surface area contributed by atoms with Crippen LogP contribution in [0.4, 0.5) is 0 Å². The number of benzene rings is 1. The summed E-state index contributed by atoms with van der Waals surface area (Å²) in [5.74, 6) is 0.741. The van der Waals surface area contributed by atoms with Gasteiger partial charge < -0.3 is 4.74 Å². The molecule has 0 aliphatic heterocycles. The van der Waals surface area contributed by atoms with Gasteiger partial charge in [0.2, 0.25) is 0 Å². The van der Waals surface area contributed by atoms with Gasteiger partial charge in [-0.2, -0.15) is 5.26 Å². The number of fused-ring (bicyclic) bond motifs is 1. The first kappa shape index (κ1) is 14.2. The molecule has 0 N–H and O–H groups in total. The van der Waals surface area contributed by atoms with Gasteiger partial charge in [-0.05, 0) is 24.1 Å². The van der Waals surface area contributed by atoms with E-state index in [9.17, 15) is 0 Å². The van der Waals surface area contributed by atoms with Crippen LogP contribution in [0.1, 0.15) is 23.9 Å². The molecule has 0 unspecified atom stereocenters. The van der Waals surface area contributed by atoms with Crippen molar-refractivity contribution in [1.82, 2.24) is 9.38 Å². The Morgan fingerprint density at radius 1 is 1.18 bits per heavy atom. The molecule has 0 atom stereocenters. The third kappa shape index (κ3) is 2.66. The molecule has 0 spiro atoms. The number of nitriles is 1. The summed E-state index contributed by atoms with van der Waals surface area (Å²) in [6, 6.07) is 16.1. The van der Waals surface area contributed by atoms with Crippen molar-refractivity contribution in [2.45, 2.75) is 26.4 Å². The number of rotatable bonds is 5. The largest absolute Gasteiger partial charge is 0.485 e. The summed E-state index contributed by atoms with van der Waals surface area (Å²) in [4.78, 5) is 4.65. The molecule has 0 saturated heterocycles. The molecular weight excluding hydrogens is 274 g/mol. The van der Waals surface area contributed by atoms with Crippen molar-refractivity contribution in [2.75, 3.05) is 0 Å². The summed E-state index contributed by atoms with van der Waals surface area (Å²) < 4.78 is 7.89. The minimum atomic E-state index is 0.354. The van der Waals surface area contributed by atoms with Gasteiger partial charge in [0.25, 0.3) is 0 Å². The molecule has 0 fully saturated rings. The van der Waals surface area contributed by atoms with Crippen LogP contribution < -0.4 is 4.74 Å². The lowest BCUT2D eigenvalue weighted by Gasteiger charge is -2.07. The smallest absolute Gasteiger partial charge is 0.180 e. The second-order valence-electron chi connectivity index (χ2n) is 5.03. The maximum Gasteiger partial charge on any atom is 0.180 e. The van der Waals surface area contributed by atoms with Crippen molar-refractivity contribution in [3.05, 3.63) is 65.6 Å². The first-order valence-corrected chi connectivity index (χ1v) is 7.36. The molecule has 22 heavy (non-hydrogen) atoms. The fourth-order valence-electron chi connectivity index (χ4n) is 2.53. The molecule has 1 aromatic carbocycles. The van der Waals surface area contributed by atoms with E-state index in [0.717, 1.165) is 34.8 Å². The Balaban J connectivity index is 1.95. The molecular formula is C18H17N3O. The van der Waals surface area contributed by atoms with Crippen LogP contribution in [-0.4, -0.2) is 9.38 Å². The number of hydrogen-bond acceptors (Lipinski definition) is 3. The number of aryl methyl sites for hydroxylation is 1. The van der Waals surface area contributed by atoms with E-state index in [1.54, 1.807) is 0 Å². The second-order valence-corrected chi connectivity index (χ2v) is 5.03. The van der Waals surface area contributed by atoms with Gasteiger partial charge in [0.05, 0.1) is 23.9 Å². The van der Waals surface area contributed by atoms with E-state index in [1.807, 2.05) is 60.0 Å². The SMILES string of the molecule is CCc1nc2c(OCc3ccccc3)cccn2c1CC#N. The van der Waals surface area contributed by atoms with Gasteiger partial charge in [-0.25, -0.2) is 4.98 Å². The summed E-state index contributed by atoms with van der Waals surface area (Å²) in [5.41, 5.74) is 3.80. The summed E-state index contributed by atoms with van der Waals surface area (Å²) in [6.07, 6.45) is 3.09. The standard InChI is InChI=1S/C18H17N3O/c1-2-15-16(10-11-19)21-12-6-9-17(18(21)20-15)22-13-14-7-4-3-5-8-14/h3-9,12H,2,10,13H2,1H3. The third-order valence-electron chi connectivity index (χ3n) is 3.61. The lowest BCUT2D eigenvalue weighted by atomic mass is 10.2. The molecule has 4 nitrogen and oxygen atoms in total. The van der Waals surface area contributed by atoms with Gasteiger partial charge in [-0.3, -0.25) is 4.40 Å². The molecule has 2 heterocycles. The van der Waals surface area contributed by atoms with E-state index >= 15 is 0 Å². The summed E-state index contributed by atoms with van der Waals surface area (Å²) >= 11 is 0. The highest BCUT2D eigenvalue weighted by Crippen LogP contribution is 2.23. The highest BCUT2D eigenvalue weighted by molar-refractivity contribution is 5.56. The molecule has 110 valence electrons. The fraction of sp³-hybridized carbons (Fsp3) is 0.222. The van der Waals surface area contributed by atoms with Gasteiger partial charge >= 0.3 is 0 Å². The molecule has 0 aliphatic rings. The molecule has 3 aromatic rings. The number of imidazole rings is 1. The minimum Gasteiger partial charge on any atom is -0.485 e. The zero-order valence-corrected chi connectivity index (χ0v) is 12.5. The Bertz CT molecular complexity index is 815. The van der Waals surface area contributed by atoms with Crippen molar-refractivity contribution in [3.8, 4) is 11.8 Å². The third-order valence-corrected chi connectivity index (χ3v) is 3.61. The van der Waals surface area contributed by atoms with Crippen LogP contribution in [0, 0.1) is 11.3 Å². The van der Waals surface area contributed by atoms with Crippen LogP contribution in [0.25, 0.3) is 5.65 Å². The van der Waals surface area contributed by atoms with Crippen LogP contribution in [0.3, 0.4) is 0 Å². The van der Waals surface area contributed by atoms with Gasteiger partial charge in [0, 0.05) is 6.20 Å². The van der Waals surface area contributed by atoms with Crippen molar-refractivity contribution in [2.24, 2.45) is 0 Å². The Morgan fingerprint density at radius 3 is 2.73 bits per heavy atom. The van der Waals surface area contributed by atoms with Gasteiger partial charge in [-0.1, -0.05) is 37.3 Å². The molecule has 0 radical (unpaired) electrons. The highest BCUT2D eigenvalue weighted by Gasteiger charge is 2.13. The Labute approximate surface area is 129 Å². The zero-order valence-electron chi connectivity index (χ0n) is 12.5. The van der Waals surface area contributed by atoms with Crippen molar-refractivity contribution >= 4 is 5.65 Å². The number of nitrogens with zero attached hydrogens (tertiary/aromatic N) is 3. The van der Waals surface area contributed by atoms with Gasteiger partial charge in [0.1, 0.15) is 6.61 Å². The maximum absolute atomic E-state index is 9.02. The van der Waals surface area contributed by atoms with E-state index in [-0.39, 0.29) is 0 Å². The van der Waals surface area contributed by atoms with Crippen molar-refractivity contribution in [3.63, 3.8) is 0 Å². The van der Waals surface area contributed by atoms with Crippen molar-refractivity contribution in [1.29, 1.82) is 5.26 Å².